The Labute approximate surface area is 203 Å². The van der Waals surface area contributed by atoms with Gasteiger partial charge in [-0.25, -0.2) is 0 Å². The van der Waals surface area contributed by atoms with E-state index in [1.165, 1.54) is 6.07 Å². The quantitative estimate of drug-likeness (QED) is 0.541. The molecule has 0 bridgehead atoms. The molecular weight excluding hydrogens is 489 g/mol. The number of carbonyl (C=O) groups is 2. The highest BCUT2D eigenvalue weighted by Gasteiger charge is 2.35. The smallest absolute Gasteiger partial charge is 0.416 e. The van der Waals surface area contributed by atoms with Gasteiger partial charge in [-0.15, -0.1) is 0 Å². The molecule has 4 rings (SSSR count). The molecule has 11 heteroatoms. The van der Waals surface area contributed by atoms with Crippen LogP contribution in [0.25, 0.3) is 0 Å². The molecule has 2 fully saturated rings. The third-order valence-electron chi connectivity index (χ3n) is 5.56. The highest BCUT2D eigenvalue weighted by atomic mass is 32.2. The molecule has 0 aliphatic carbocycles. The highest BCUT2D eigenvalue weighted by Crippen LogP contribution is 2.34. The van der Waals surface area contributed by atoms with E-state index >= 15 is 0 Å². The van der Waals surface area contributed by atoms with E-state index in [1.807, 2.05) is 19.1 Å². The van der Waals surface area contributed by atoms with Crippen LogP contribution in [0.2, 0.25) is 0 Å². The van der Waals surface area contributed by atoms with Gasteiger partial charge in [-0.1, -0.05) is 36.0 Å². The van der Waals surface area contributed by atoms with E-state index in [-0.39, 0.29) is 29.0 Å². The lowest BCUT2D eigenvalue weighted by Crippen LogP contribution is -2.37. The molecule has 2 saturated heterocycles. The van der Waals surface area contributed by atoms with Crippen molar-refractivity contribution in [3.63, 3.8) is 0 Å². The molecule has 6 nitrogen and oxygen atoms in total. The number of amides is 2. The molecule has 2 aliphatic rings. The second-order valence-corrected chi connectivity index (χ2v) is 9.56. The molecule has 180 valence electrons. The van der Waals surface area contributed by atoms with Gasteiger partial charge < -0.3 is 14.4 Å². The Morgan fingerprint density at radius 1 is 1.24 bits per heavy atom. The van der Waals surface area contributed by atoms with E-state index in [4.69, 9.17) is 21.7 Å². The summed E-state index contributed by atoms with van der Waals surface area (Å²) in [7, 11) is 0. The third kappa shape index (κ3) is 5.64. The van der Waals surface area contributed by atoms with Crippen LogP contribution < -0.4 is 10.1 Å². The number of thioether (sulfide) groups is 1. The first-order valence-electron chi connectivity index (χ1n) is 10.5. The summed E-state index contributed by atoms with van der Waals surface area (Å²) in [5, 5.41) is 1.73. The Bertz CT molecular complexity index is 1090. The molecule has 2 aromatic rings. The first-order valence-corrected chi connectivity index (χ1v) is 11.8. The van der Waals surface area contributed by atoms with Gasteiger partial charge in [0.2, 0.25) is 5.91 Å². The zero-order valence-corrected chi connectivity index (χ0v) is 19.6. The predicted molar refractivity (Wildman–Crippen MR) is 125 cm³/mol. The van der Waals surface area contributed by atoms with Crippen molar-refractivity contribution in [2.75, 3.05) is 13.2 Å². The summed E-state index contributed by atoms with van der Waals surface area (Å²) >= 11 is 6.29. The lowest BCUT2D eigenvalue weighted by atomic mass is 10.1. The number of halogens is 3. The van der Waals surface area contributed by atoms with E-state index < -0.39 is 23.1 Å². The van der Waals surface area contributed by atoms with Crippen LogP contribution in [0.4, 0.5) is 18.0 Å². The summed E-state index contributed by atoms with van der Waals surface area (Å²) in [5.41, 5.74) is 0.594. The van der Waals surface area contributed by atoms with Crippen molar-refractivity contribution in [2.45, 2.75) is 36.9 Å². The van der Waals surface area contributed by atoms with Gasteiger partial charge in [0.25, 0.3) is 10.4 Å². The molecule has 0 saturated carbocycles. The first-order chi connectivity index (χ1) is 16.1. The molecule has 2 amide bonds. The molecule has 0 radical (unpaired) electrons. The van der Waals surface area contributed by atoms with E-state index in [0.29, 0.717) is 24.3 Å². The minimum Gasteiger partial charge on any atom is -0.491 e. The highest BCUT2D eigenvalue weighted by molar-refractivity contribution is 8.15. The van der Waals surface area contributed by atoms with Crippen LogP contribution in [-0.2, 0) is 22.1 Å². The number of carbonyl (C=O) groups excluding carboxylic acids is 2. The molecular formula is C23H21F3N2O4S2. The van der Waals surface area contributed by atoms with Gasteiger partial charge in [-0.2, -0.15) is 13.2 Å². The zero-order chi connectivity index (χ0) is 24.5. The summed E-state index contributed by atoms with van der Waals surface area (Å²) in [6, 6.07) is 12.1. The summed E-state index contributed by atoms with van der Waals surface area (Å²) < 4.78 is 50.6. The molecule has 3 atom stereocenters. The minimum atomic E-state index is -4.43. The number of hydrogen-bond donors (Lipinski definition) is 1. The third-order valence-corrected chi connectivity index (χ3v) is 6.87. The molecule has 2 aromatic carbocycles. The maximum absolute atomic E-state index is 13.0. The second kappa shape index (κ2) is 9.83. The average molecular weight is 511 g/mol. The van der Waals surface area contributed by atoms with Crippen LogP contribution in [0.15, 0.2) is 48.5 Å². The monoisotopic (exact) mass is 510 g/mol. The van der Waals surface area contributed by atoms with Crippen molar-refractivity contribution in [3.05, 3.63) is 65.2 Å². The van der Waals surface area contributed by atoms with E-state index in [2.05, 4.69) is 5.32 Å². The molecule has 0 aromatic heterocycles. The summed E-state index contributed by atoms with van der Waals surface area (Å²) in [4.78, 5) is 24.8. The molecule has 2 heterocycles. The topological polar surface area (TPSA) is 67.9 Å². The summed E-state index contributed by atoms with van der Waals surface area (Å²) in [6.07, 6.45) is -4.57. The number of thiocarbonyl (C=S) groups is 1. The normalized spacial score (nSPS) is 21.4. The van der Waals surface area contributed by atoms with Crippen molar-refractivity contribution in [1.82, 2.24) is 10.2 Å². The number of alkyl halides is 3. The largest absolute Gasteiger partial charge is 0.491 e. The van der Waals surface area contributed by atoms with Crippen molar-refractivity contribution < 1.29 is 32.2 Å². The number of imide groups is 1. The van der Waals surface area contributed by atoms with Crippen molar-refractivity contribution in [3.8, 4) is 5.75 Å². The second-order valence-electron chi connectivity index (χ2n) is 8.04. The van der Waals surface area contributed by atoms with Gasteiger partial charge in [0.05, 0.1) is 23.4 Å². The first kappa shape index (κ1) is 24.3. The Morgan fingerprint density at radius 2 is 1.97 bits per heavy atom. The number of benzene rings is 2. The Hall–Kier alpha value is -2.79. The van der Waals surface area contributed by atoms with Crippen molar-refractivity contribution in [1.29, 1.82) is 0 Å². The van der Waals surface area contributed by atoms with Gasteiger partial charge in [-0.05, 0) is 61.0 Å². The number of rotatable bonds is 7. The van der Waals surface area contributed by atoms with Gasteiger partial charge in [0, 0.05) is 0 Å². The molecule has 1 N–H and O–H groups in total. The fourth-order valence-corrected chi connectivity index (χ4v) is 4.93. The average Bonchev–Trinajstić information content (AvgIpc) is 3.33. The Morgan fingerprint density at radius 3 is 2.62 bits per heavy atom. The van der Waals surface area contributed by atoms with E-state index in [1.54, 1.807) is 23.1 Å². The molecule has 3 unspecified atom stereocenters. The van der Waals surface area contributed by atoms with Crippen molar-refractivity contribution >= 4 is 40.3 Å². The summed E-state index contributed by atoms with van der Waals surface area (Å²) in [6.45, 7) is 2.50. The number of ether oxygens (including phenoxy) is 2. The fourth-order valence-electron chi connectivity index (χ4n) is 3.70. The summed E-state index contributed by atoms with van der Waals surface area (Å²) in [5.74, 6) is 0.340. The standard InChI is InChI=1S/C23H21F3N2O4S2/c1-13(12-31-17-7-5-14(6-8-17)9-19-20(29)27-21(30)34-19)28-11-18(32-22(28)33)15-3-2-4-16(10-15)23(24,25)26/h2-8,10,13,18-19H,9,11-12H2,1H3,(H,27,29,30). The van der Waals surface area contributed by atoms with Crippen molar-refractivity contribution in [2.24, 2.45) is 0 Å². The van der Waals surface area contributed by atoms with Crippen LogP contribution in [-0.4, -0.2) is 45.7 Å². The SMILES string of the molecule is CC(COc1ccc(CC2SC(=O)NC2=O)cc1)N1CC(c2cccc(C(F)(F)F)c2)OC1=S. The Balaban J connectivity index is 1.31. The predicted octanol–water partition coefficient (Wildman–Crippen LogP) is 4.73. The number of nitrogens with one attached hydrogen (secondary N) is 1. The maximum Gasteiger partial charge on any atom is 0.416 e. The van der Waals surface area contributed by atoms with Crippen LogP contribution in [0.1, 0.15) is 29.7 Å². The molecule has 34 heavy (non-hydrogen) atoms. The number of hydrogen-bond acceptors (Lipinski definition) is 6. The van der Waals surface area contributed by atoms with Crippen LogP contribution in [0.3, 0.4) is 0 Å². The van der Waals surface area contributed by atoms with Crippen LogP contribution in [0, 0.1) is 0 Å². The fraction of sp³-hybridized carbons (Fsp3) is 0.348. The minimum absolute atomic E-state index is 0.174. The van der Waals surface area contributed by atoms with Crippen LogP contribution >= 0.6 is 24.0 Å². The molecule has 2 aliphatic heterocycles. The van der Waals surface area contributed by atoms with Gasteiger partial charge >= 0.3 is 6.18 Å². The maximum atomic E-state index is 13.0. The zero-order valence-electron chi connectivity index (χ0n) is 18.0. The van der Waals surface area contributed by atoms with Gasteiger partial charge in [0.1, 0.15) is 18.5 Å². The van der Waals surface area contributed by atoms with Crippen LogP contribution in [0.5, 0.6) is 5.75 Å². The lowest BCUT2D eigenvalue weighted by Gasteiger charge is -2.23. The van der Waals surface area contributed by atoms with E-state index in [9.17, 15) is 22.8 Å². The molecule has 0 spiro atoms. The Kier molecular flexibility index (Phi) is 7.04. The van der Waals surface area contributed by atoms with Gasteiger partial charge in [0.15, 0.2) is 0 Å². The van der Waals surface area contributed by atoms with E-state index in [0.717, 1.165) is 29.5 Å². The number of nitrogens with zero attached hydrogens (tertiary/aromatic N) is 1. The van der Waals surface area contributed by atoms with Gasteiger partial charge in [-0.3, -0.25) is 14.9 Å². The lowest BCUT2D eigenvalue weighted by molar-refractivity contribution is -0.137.